The number of carbonyl (C=O) groups excluding carboxylic acids is 2. The summed E-state index contributed by atoms with van der Waals surface area (Å²) in [6.45, 7) is 5.60. The number of benzene rings is 2. The number of fused-ring (bicyclic) bond motifs is 4. The van der Waals surface area contributed by atoms with Crippen LogP contribution in [0.2, 0.25) is 0 Å². The zero-order valence-corrected chi connectivity index (χ0v) is 21.7. The molecule has 0 spiro atoms. The quantitative estimate of drug-likeness (QED) is 0.607. The molecule has 0 bridgehead atoms. The van der Waals surface area contributed by atoms with E-state index in [1.807, 2.05) is 29.2 Å². The second kappa shape index (κ2) is 10.7. The van der Waals surface area contributed by atoms with E-state index in [2.05, 4.69) is 27.2 Å². The van der Waals surface area contributed by atoms with Crippen molar-refractivity contribution in [2.24, 2.45) is 5.92 Å². The van der Waals surface area contributed by atoms with Gasteiger partial charge in [0.2, 0.25) is 18.6 Å². The maximum atomic E-state index is 13.6. The molecule has 2 saturated heterocycles. The average molecular weight is 523 g/mol. The molecule has 202 valence electrons. The molecule has 38 heavy (non-hydrogen) atoms. The summed E-state index contributed by atoms with van der Waals surface area (Å²) in [6.07, 6.45) is 0.638. The number of nitrogens with zero attached hydrogens (tertiary/aromatic N) is 3. The number of amides is 2. The second-order valence-electron chi connectivity index (χ2n) is 10.2. The van der Waals surface area contributed by atoms with E-state index >= 15 is 0 Å². The molecule has 0 radical (unpaired) electrons. The van der Waals surface area contributed by atoms with Gasteiger partial charge in [-0.25, -0.2) is 0 Å². The van der Waals surface area contributed by atoms with Crippen molar-refractivity contribution in [1.29, 1.82) is 0 Å². The maximum absolute atomic E-state index is 13.6. The van der Waals surface area contributed by atoms with Gasteiger partial charge in [0.25, 0.3) is 0 Å². The van der Waals surface area contributed by atoms with Crippen LogP contribution in [-0.2, 0) is 27.3 Å². The fourth-order valence-corrected chi connectivity index (χ4v) is 5.88. The first-order chi connectivity index (χ1) is 18.6. The molecule has 2 aromatic carbocycles. The van der Waals surface area contributed by atoms with Crippen molar-refractivity contribution in [3.8, 4) is 17.2 Å². The van der Waals surface area contributed by atoms with E-state index in [9.17, 15) is 9.59 Å². The Morgan fingerprint density at radius 1 is 1.03 bits per heavy atom. The molecule has 2 fully saturated rings. The van der Waals surface area contributed by atoms with Gasteiger partial charge in [-0.1, -0.05) is 12.1 Å². The van der Waals surface area contributed by atoms with Gasteiger partial charge in [0.05, 0.1) is 38.8 Å². The van der Waals surface area contributed by atoms with Crippen LogP contribution in [0.4, 0.5) is 5.69 Å². The van der Waals surface area contributed by atoms with Gasteiger partial charge in [0.1, 0.15) is 5.75 Å². The highest BCUT2D eigenvalue weighted by Gasteiger charge is 2.42. The number of methoxy groups -OCH3 is 1. The maximum Gasteiger partial charge on any atom is 0.236 e. The normalized spacial score (nSPS) is 22.4. The van der Waals surface area contributed by atoms with Gasteiger partial charge >= 0.3 is 0 Å². The summed E-state index contributed by atoms with van der Waals surface area (Å²) in [5, 5.41) is 3.16. The fraction of sp³-hybridized carbons (Fsp3) is 0.500. The van der Waals surface area contributed by atoms with Crippen LogP contribution in [0, 0.1) is 5.92 Å². The highest BCUT2D eigenvalue weighted by Crippen LogP contribution is 2.38. The molecule has 0 aromatic heterocycles. The largest absolute Gasteiger partial charge is 0.497 e. The van der Waals surface area contributed by atoms with Gasteiger partial charge in [-0.15, -0.1) is 0 Å². The molecular formula is C28H34N4O6. The van der Waals surface area contributed by atoms with E-state index in [-0.39, 0.29) is 30.6 Å². The number of nitrogens with one attached hydrogen (secondary N) is 1. The van der Waals surface area contributed by atoms with Crippen molar-refractivity contribution < 1.29 is 28.5 Å². The van der Waals surface area contributed by atoms with Crippen LogP contribution in [0.5, 0.6) is 17.2 Å². The minimum atomic E-state index is -0.244. The Morgan fingerprint density at radius 2 is 1.87 bits per heavy atom. The summed E-state index contributed by atoms with van der Waals surface area (Å²) in [4.78, 5) is 33.0. The molecule has 0 aliphatic carbocycles. The minimum Gasteiger partial charge on any atom is -0.497 e. The van der Waals surface area contributed by atoms with Crippen molar-refractivity contribution in [1.82, 2.24) is 15.1 Å². The average Bonchev–Trinajstić information content (AvgIpc) is 3.43. The van der Waals surface area contributed by atoms with Crippen LogP contribution in [0.1, 0.15) is 11.1 Å². The molecule has 10 heteroatoms. The summed E-state index contributed by atoms with van der Waals surface area (Å²) in [7, 11) is 1.67. The van der Waals surface area contributed by atoms with E-state index in [1.54, 1.807) is 7.11 Å². The smallest absolute Gasteiger partial charge is 0.236 e. The molecule has 10 nitrogen and oxygen atoms in total. The number of morpholine rings is 1. The molecule has 6 rings (SSSR count). The van der Waals surface area contributed by atoms with Crippen molar-refractivity contribution in [3.63, 3.8) is 0 Å². The molecule has 4 aliphatic rings. The van der Waals surface area contributed by atoms with Crippen LogP contribution < -0.4 is 24.4 Å². The van der Waals surface area contributed by atoms with Crippen LogP contribution in [0.15, 0.2) is 36.4 Å². The van der Waals surface area contributed by atoms with Crippen molar-refractivity contribution >= 4 is 17.5 Å². The summed E-state index contributed by atoms with van der Waals surface area (Å²) >= 11 is 0. The first-order valence-corrected chi connectivity index (χ1v) is 13.3. The number of hydrogen-bond acceptors (Lipinski definition) is 8. The number of hydrogen-bond donors (Lipinski definition) is 1. The third-order valence-electron chi connectivity index (χ3n) is 7.97. The number of ether oxygens (including phenoxy) is 4. The van der Waals surface area contributed by atoms with Gasteiger partial charge in [-0.05, 0) is 35.7 Å². The lowest BCUT2D eigenvalue weighted by atomic mass is 9.83. The van der Waals surface area contributed by atoms with E-state index in [0.717, 1.165) is 41.4 Å². The molecule has 4 aliphatic heterocycles. The van der Waals surface area contributed by atoms with Crippen LogP contribution in [0.3, 0.4) is 0 Å². The summed E-state index contributed by atoms with van der Waals surface area (Å²) in [5.74, 6) is 2.13. The van der Waals surface area contributed by atoms with Crippen LogP contribution in [-0.4, -0.2) is 94.0 Å². The predicted octanol–water partition coefficient (Wildman–Crippen LogP) is 1.26. The monoisotopic (exact) mass is 522 g/mol. The third kappa shape index (κ3) is 4.98. The lowest BCUT2D eigenvalue weighted by molar-refractivity contribution is -0.136. The highest BCUT2D eigenvalue weighted by atomic mass is 16.7. The molecule has 1 N–H and O–H groups in total. The number of anilines is 1. The Balaban J connectivity index is 1.18. The lowest BCUT2D eigenvalue weighted by Gasteiger charge is -2.49. The van der Waals surface area contributed by atoms with Gasteiger partial charge in [-0.3, -0.25) is 14.5 Å². The van der Waals surface area contributed by atoms with Crippen molar-refractivity contribution in [2.75, 3.05) is 71.3 Å². The van der Waals surface area contributed by atoms with Gasteiger partial charge in [-0.2, -0.15) is 0 Å². The summed E-state index contributed by atoms with van der Waals surface area (Å²) in [6, 6.07) is 11.8. The van der Waals surface area contributed by atoms with Gasteiger partial charge in [0, 0.05) is 51.0 Å². The second-order valence-corrected chi connectivity index (χ2v) is 10.2. The van der Waals surface area contributed by atoms with Crippen molar-refractivity contribution in [2.45, 2.75) is 19.0 Å². The van der Waals surface area contributed by atoms with Gasteiger partial charge in [0.15, 0.2) is 11.5 Å². The molecule has 2 aromatic rings. The molecule has 2 atom stereocenters. The van der Waals surface area contributed by atoms with E-state index in [1.165, 1.54) is 0 Å². The molecule has 2 unspecified atom stereocenters. The van der Waals surface area contributed by atoms with Crippen LogP contribution >= 0.6 is 0 Å². The Bertz CT molecular complexity index is 1200. The Hall–Kier alpha value is -3.50. The zero-order valence-electron chi connectivity index (χ0n) is 21.7. The van der Waals surface area contributed by atoms with Crippen molar-refractivity contribution in [3.05, 3.63) is 47.5 Å². The predicted molar refractivity (Wildman–Crippen MR) is 140 cm³/mol. The molecular weight excluding hydrogens is 488 g/mol. The zero-order chi connectivity index (χ0) is 26.1. The number of piperazine rings is 1. The number of carbonyl (C=O) groups is 2. The first kappa shape index (κ1) is 24.8. The standard InChI is InChI=1S/C28H34N4O6/c1-35-21-4-3-20-13-22(28(34)29-15-19-2-5-25-26(12-19)38-18-37-25)24-16-30(6-7-32(24)23(20)14-21)17-27(33)31-8-10-36-11-9-31/h2-5,12,14,22,24H,6-11,13,15-18H2,1H3,(H,29,34). The fourth-order valence-electron chi connectivity index (χ4n) is 5.88. The summed E-state index contributed by atoms with van der Waals surface area (Å²) in [5.41, 5.74) is 3.22. The minimum absolute atomic E-state index is 0.0143. The molecule has 2 amide bonds. The third-order valence-corrected chi connectivity index (χ3v) is 7.97. The lowest BCUT2D eigenvalue weighted by Crippen LogP contribution is -2.62. The van der Waals surface area contributed by atoms with E-state index < -0.39 is 0 Å². The Labute approximate surface area is 222 Å². The molecule has 4 heterocycles. The summed E-state index contributed by atoms with van der Waals surface area (Å²) < 4.78 is 21.8. The SMILES string of the molecule is COc1ccc2c(c1)N1CCN(CC(=O)N3CCOCC3)CC1C(C(=O)NCc1ccc3c(c1)OCO3)C2. The number of rotatable bonds is 6. The first-order valence-electron chi connectivity index (χ1n) is 13.3. The topological polar surface area (TPSA) is 92.8 Å². The van der Waals surface area contributed by atoms with Crippen LogP contribution in [0.25, 0.3) is 0 Å². The van der Waals surface area contributed by atoms with E-state index in [0.29, 0.717) is 58.1 Å². The van der Waals surface area contributed by atoms with Gasteiger partial charge < -0.3 is 34.1 Å². The Morgan fingerprint density at radius 3 is 2.71 bits per heavy atom. The molecule has 0 saturated carbocycles. The van der Waals surface area contributed by atoms with E-state index in [4.69, 9.17) is 18.9 Å². The Kier molecular flexibility index (Phi) is 6.99. The highest BCUT2D eigenvalue weighted by molar-refractivity contribution is 5.82.